The maximum atomic E-state index is 13.2. The molecule has 3 rings (SSSR count). The first kappa shape index (κ1) is 28.0. The molecule has 0 saturated carbocycles. The van der Waals surface area contributed by atoms with E-state index in [1.54, 1.807) is 17.0 Å². The van der Waals surface area contributed by atoms with Crippen molar-refractivity contribution >= 4 is 21.8 Å². The lowest BCUT2D eigenvalue weighted by molar-refractivity contribution is -0.137. The van der Waals surface area contributed by atoms with Gasteiger partial charge in [0, 0.05) is 18.3 Å². The number of urea groups is 1. The minimum absolute atomic E-state index is 0.0590. The number of aryl methyl sites for hydroxylation is 2. The highest BCUT2D eigenvalue weighted by atomic mass is 32.2. The molecule has 198 valence electrons. The van der Waals surface area contributed by atoms with E-state index in [0.717, 1.165) is 47.0 Å². The summed E-state index contributed by atoms with van der Waals surface area (Å²) in [5.74, 6) is -0.0590. The van der Waals surface area contributed by atoms with Crippen molar-refractivity contribution in [2.24, 2.45) is 0 Å². The number of hydrogen-bond donors (Lipinski definition) is 1. The number of benzene rings is 3. The normalized spacial score (nSPS) is 12.6. The summed E-state index contributed by atoms with van der Waals surface area (Å²) in [6.45, 7) is 8.00. The van der Waals surface area contributed by atoms with E-state index in [0.29, 0.717) is 6.07 Å². The maximum absolute atomic E-state index is 13.2. The van der Waals surface area contributed by atoms with Crippen molar-refractivity contribution in [2.45, 2.75) is 57.8 Å². The van der Waals surface area contributed by atoms with E-state index in [-0.39, 0.29) is 24.4 Å². The number of halogens is 3. The smallest absolute Gasteiger partial charge is 0.379 e. The van der Waals surface area contributed by atoms with Gasteiger partial charge in [-0.3, -0.25) is 0 Å². The monoisotopic (exact) mass is 534 g/mol. The number of para-hydroxylation sites is 1. The average Bonchev–Trinajstić information content (AvgIpc) is 2.84. The van der Waals surface area contributed by atoms with Gasteiger partial charge in [-0.05, 0) is 74.2 Å². The highest BCUT2D eigenvalue weighted by Gasteiger charge is 2.32. The molecule has 1 N–H and O–H groups in total. The van der Waals surface area contributed by atoms with E-state index in [4.69, 9.17) is 4.18 Å². The van der Waals surface area contributed by atoms with Crippen LogP contribution in [0.25, 0.3) is 0 Å². The molecule has 0 aliphatic rings. The summed E-state index contributed by atoms with van der Waals surface area (Å²) < 4.78 is 69.0. The van der Waals surface area contributed by atoms with Crippen LogP contribution in [-0.4, -0.2) is 25.4 Å². The Bertz CT molecular complexity index is 1340. The maximum Gasteiger partial charge on any atom is 0.416 e. The number of anilines is 1. The fraction of sp³-hybridized carbons (Fsp3) is 0.296. The summed E-state index contributed by atoms with van der Waals surface area (Å²) in [4.78, 5) is 14.2. The van der Waals surface area contributed by atoms with E-state index in [1.807, 2.05) is 45.9 Å². The molecule has 3 aromatic carbocycles. The second-order valence-electron chi connectivity index (χ2n) is 8.79. The fourth-order valence-electron chi connectivity index (χ4n) is 3.69. The van der Waals surface area contributed by atoms with Gasteiger partial charge >= 0.3 is 22.3 Å². The highest BCUT2D eigenvalue weighted by Crippen LogP contribution is 2.31. The predicted molar refractivity (Wildman–Crippen MR) is 136 cm³/mol. The molecule has 1 unspecified atom stereocenters. The summed E-state index contributed by atoms with van der Waals surface area (Å²) in [6.07, 6.45) is -3.96. The Kier molecular flexibility index (Phi) is 8.53. The lowest BCUT2D eigenvalue weighted by Gasteiger charge is -2.29. The van der Waals surface area contributed by atoms with Gasteiger partial charge in [0.15, 0.2) is 0 Å². The SMILES string of the molecule is CCC(C)N(Cc1ccc(OS(=O)(=O)c2cccc(C(F)(F)F)c2)cc1)C(=O)Nc1c(C)cccc1C. The second kappa shape index (κ2) is 11.2. The fourth-order valence-corrected chi connectivity index (χ4v) is 4.67. The van der Waals surface area contributed by atoms with Crippen LogP contribution in [0.1, 0.15) is 42.5 Å². The van der Waals surface area contributed by atoms with Crippen molar-refractivity contribution in [1.82, 2.24) is 4.90 Å². The van der Waals surface area contributed by atoms with Crippen LogP contribution >= 0.6 is 0 Å². The van der Waals surface area contributed by atoms with Gasteiger partial charge in [-0.1, -0.05) is 43.3 Å². The van der Waals surface area contributed by atoms with Gasteiger partial charge in [-0.15, -0.1) is 0 Å². The van der Waals surface area contributed by atoms with Crippen molar-refractivity contribution in [3.8, 4) is 5.75 Å². The molecular weight excluding hydrogens is 505 g/mol. The first-order valence-corrected chi connectivity index (χ1v) is 13.1. The molecule has 0 aromatic heterocycles. The van der Waals surface area contributed by atoms with Gasteiger partial charge in [-0.2, -0.15) is 21.6 Å². The average molecular weight is 535 g/mol. The molecule has 0 aliphatic heterocycles. The topological polar surface area (TPSA) is 75.7 Å². The van der Waals surface area contributed by atoms with Gasteiger partial charge in [0.05, 0.1) is 5.56 Å². The van der Waals surface area contributed by atoms with Crippen LogP contribution in [0.4, 0.5) is 23.7 Å². The number of hydrogen-bond acceptors (Lipinski definition) is 4. The van der Waals surface area contributed by atoms with Gasteiger partial charge < -0.3 is 14.4 Å². The Morgan fingerprint density at radius 3 is 2.16 bits per heavy atom. The number of nitrogens with one attached hydrogen (secondary N) is 1. The molecule has 0 radical (unpaired) electrons. The third-order valence-electron chi connectivity index (χ3n) is 6.03. The first-order valence-electron chi connectivity index (χ1n) is 11.7. The molecule has 0 saturated heterocycles. The summed E-state index contributed by atoms with van der Waals surface area (Å²) in [5, 5.41) is 2.99. The molecule has 3 aromatic rings. The van der Waals surface area contributed by atoms with Gasteiger partial charge in [0.2, 0.25) is 0 Å². The van der Waals surface area contributed by atoms with Crippen LogP contribution in [0.15, 0.2) is 71.6 Å². The van der Waals surface area contributed by atoms with E-state index in [2.05, 4.69) is 5.32 Å². The molecule has 0 fully saturated rings. The zero-order valence-electron chi connectivity index (χ0n) is 21.0. The van der Waals surface area contributed by atoms with Crippen LogP contribution in [-0.2, 0) is 22.8 Å². The third kappa shape index (κ3) is 7.03. The quantitative estimate of drug-likeness (QED) is 0.318. The van der Waals surface area contributed by atoms with E-state index in [1.165, 1.54) is 12.1 Å². The van der Waals surface area contributed by atoms with Crippen molar-refractivity contribution < 1.29 is 30.6 Å². The van der Waals surface area contributed by atoms with Crippen LogP contribution < -0.4 is 9.50 Å². The minimum Gasteiger partial charge on any atom is -0.379 e. The number of carbonyl (C=O) groups is 1. The third-order valence-corrected chi connectivity index (χ3v) is 7.27. The lowest BCUT2D eigenvalue weighted by atomic mass is 10.1. The number of nitrogens with zero attached hydrogens (tertiary/aromatic N) is 1. The molecule has 2 amide bonds. The largest absolute Gasteiger partial charge is 0.416 e. The Labute approximate surface area is 215 Å². The standard InChI is InChI=1S/C27H29F3N2O4S/c1-5-20(4)32(26(33)31-25-18(2)8-6-9-19(25)3)17-21-12-14-23(15-13-21)36-37(34,35)24-11-7-10-22(16-24)27(28,29)30/h6-16,20H,5,17H2,1-4H3,(H,31,33). The molecule has 0 spiro atoms. The summed E-state index contributed by atoms with van der Waals surface area (Å²) in [5.41, 5.74) is 2.28. The Morgan fingerprint density at radius 1 is 1.00 bits per heavy atom. The van der Waals surface area contributed by atoms with Gasteiger partial charge in [0.25, 0.3) is 0 Å². The van der Waals surface area contributed by atoms with Crippen LogP contribution in [0.3, 0.4) is 0 Å². The molecule has 0 heterocycles. The van der Waals surface area contributed by atoms with Crippen molar-refractivity contribution in [3.05, 3.63) is 89.0 Å². The zero-order valence-corrected chi connectivity index (χ0v) is 21.8. The Hall–Kier alpha value is -3.53. The highest BCUT2D eigenvalue weighted by molar-refractivity contribution is 7.87. The van der Waals surface area contributed by atoms with Crippen molar-refractivity contribution in [1.29, 1.82) is 0 Å². The molecular formula is C27H29F3N2O4S. The van der Waals surface area contributed by atoms with Crippen LogP contribution in [0.2, 0.25) is 0 Å². The molecule has 10 heteroatoms. The second-order valence-corrected chi connectivity index (χ2v) is 10.3. The van der Waals surface area contributed by atoms with Crippen LogP contribution in [0.5, 0.6) is 5.75 Å². The molecule has 37 heavy (non-hydrogen) atoms. The molecule has 0 bridgehead atoms. The molecule has 1 atom stereocenters. The van der Waals surface area contributed by atoms with E-state index < -0.39 is 26.8 Å². The van der Waals surface area contributed by atoms with Gasteiger partial charge in [0.1, 0.15) is 10.6 Å². The van der Waals surface area contributed by atoms with E-state index in [9.17, 15) is 26.4 Å². The number of amides is 2. The Balaban J connectivity index is 1.76. The summed E-state index contributed by atoms with van der Waals surface area (Å²) in [7, 11) is -4.48. The number of rotatable bonds is 8. The number of carbonyl (C=O) groups excluding carboxylic acids is 1. The Morgan fingerprint density at radius 2 is 1.59 bits per heavy atom. The van der Waals surface area contributed by atoms with Crippen molar-refractivity contribution in [2.75, 3.05) is 5.32 Å². The molecule has 0 aliphatic carbocycles. The lowest BCUT2D eigenvalue weighted by Crippen LogP contribution is -2.40. The van der Waals surface area contributed by atoms with Gasteiger partial charge in [-0.25, -0.2) is 4.79 Å². The predicted octanol–water partition coefficient (Wildman–Crippen LogP) is 6.92. The first-order chi connectivity index (χ1) is 17.3. The van der Waals surface area contributed by atoms with E-state index >= 15 is 0 Å². The number of alkyl halides is 3. The molecule has 6 nitrogen and oxygen atoms in total. The minimum atomic E-state index is -4.68. The summed E-state index contributed by atoms with van der Waals surface area (Å²) >= 11 is 0. The van der Waals surface area contributed by atoms with Crippen LogP contribution in [0, 0.1) is 13.8 Å². The van der Waals surface area contributed by atoms with Crippen molar-refractivity contribution in [3.63, 3.8) is 0 Å². The zero-order chi connectivity index (χ0) is 27.4. The summed E-state index contributed by atoms with van der Waals surface area (Å²) in [6, 6.07) is 14.8.